The smallest absolute Gasteiger partial charge is 0.409 e. The summed E-state index contributed by atoms with van der Waals surface area (Å²) in [6.07, 6.45) is 4.92. The molecule has 0 aromatic rings. The summed E-state index contributed by atoms with van der Waals surface area (Å²) in [6, 6.07) is 0. The highest BCUT2D eigenvalue weighted by molar-refractivity contribution is 5.80. The lowest BCUT2D eigenvalue weighted by Crippen LogP contribution is -2.54. The van der Waals surface area contributed by atoms with Crippen molar-refractivity contribution in [1.29, 1.82) is 0 Å². The number of guanidine groups is 1. The van der Waals surface area contributed by atoms with E-state index in [0.717, 1.165) is 32.0 Å². The summed E-state index contributed by atoms with van der Waals surface area (Å²) in [5, 5.41) is 3.46. The lowest BCUT2D eigenvalue weighted by Gasteiger charge is -2.35. The summed E-state index contributed by atoms with van der Waals surface area (Å²) in [7, 11) is 1.82. The largest absolute Gasteiger partial charge is 0.450 e. The molecule has 0 bridgehead atoms. The summed E-state index contributed by atoms with van der Waals surface area (Å²) in [4.78, 5) is 22.7. The maximum Gasteiger partial charge on any atom is 0.409 e. The predicted molar refractivity (Wildman–Crippen MR) is 96.4 cm³/mol. The van der Waals surface area contributed by atoms with E-state index in [4.69, 9.17) is 4.74 Å². The molecule has 0 aromatic carbocycles. The van der Waals surface area contributed by atoms with Crippen LogP contribution in [0.4, 0.5) is 4.79 Å². The average molecular weight is 339 g/mol. The van der Waals surface area contributed by atoms with Gasteiger partial charge in [0, 0.05) is 39.8 Å². The Morgan fingerprint density at radius 1 is 1.04 bits per heavy atom. The molecular weight excluding hydrogens is 306 g/mol. The molecule has 1 amide bonds. The highest BCUT2D eigenvalue weighted by atomic mass is 16.6. The molecule has 0 saturated carbocycles. The van der Waals surface area contributed by atoms with Crippen molar-refractivity contribution < 1.29 is 9.53 Å². The van der Waals surface area contributed by atoms with Crippen LogP contribution in [0.2, 0.25) is 0 Å². The van der Waals surface area contributed by atoms with Gasteiger partial charge in [0.1, 0.15) is 0 Å². The van der Waals surface area contributed by atoms with Gasteiger partial charge in [0.05, 0.1) is 6.61 Å². The molecule has 0 spiro atoms. The molecule has 7 heteroatoms. The van der Waals surface area contributed by atoms with E-state index in [1.165, 1.54) is 38.9 Å². The fourth-order valence-corrected chi connectivity index (χ4v) is 3.31. The SMILES string of the molecule is CCOC(=O)N1CCN(C(=NC)NCCCCN2CCCC2)CC1. The zero-order valence-corrected chi connectivity index (χ0v) is 15.3. The molecule has 2 saturated heterocycles. The number of hydrogen-bond donors (Lipinski definition) is 1. The number of rotatable bonds is 6. The molecule has 24 heavy (non-hydrogen) atoms. The van der Waals surface area contributed by atoms with Gasteiger partial charge < -0.3 is 24.8 Å². The number of aliphatic imine (C=N–C) groups is 1. The van der Waals surface area contributed by atoms with E-state index in [-0.39, 0.29) is 6.09 Å². The molecule has 1 N–H and O–H groups in total. The topological polar surface area (TPSA) is 60.4 Å². The number of nitrogens with one attached hydrogen (secondary N) is 1. The molecule has 2 aliphatic rings. The van der Waals surface area contributed by atoms with Crippen LogP contribution in [0.25, 0.3) is 0 Å². The zero-order valence-electron chi connectivity index (χ0n) is 15.3. The fourth-order valence-electron chi connectivity index (χ4n) is 3.31. The predicted octanol–water partition coefficient (Wildman–Crippen LogP) is 1.21. The highest BCUT2D eigenvalue weighted by Crippen LogP contribution is 2.08. The average Bonchev–Trinajstić information content (AvgIpc) is 3.12. The standard InChI is InChI=1S/C17H33N5O2/c1-3-24-17(23)22-14-12-21(13-15-22)16(18-2)19-8-4-5-9-20-10-6-7-11-20/h3-15H2,1-2H3,(H,18,19). The number of ether oxygens (including phenoxy) is 1. The summed E-state index contributed by atoms with van der Waals surface area (Å²) in [5.74, 6) is 0.944. The molecule has 7 nitrogen and oxygen atoms in total. The Morgan fingerprint density at radius 2 is 1.71 bits per heavy atom. The van der Waals surface area contributed by atoms with Crippen molar-refractivity contribution in [1.82, 2.24) is 20.0 Å². The number of carbonyl (C=O) groups excluding carboxylic acids is 1. The first-order chi connectivity index (χ1) is 11.7. The van der Waals surface area contributed by atoms with Gasteiger partial charge in [-0.2, -0.15) is 0 Å². The summed E-state index contributed by atoms with van der Waals surface area (Å²) in [5.41, 5.74) is 0. The third-order valence-electron chi connectivity index (χ3n) is 4.70. The van der Waals surface area contributed by atoms with Gasteiger partial charge in [-0.1, -0.05) is 0 Å². The number of carbonyl (C=O) groups is 1. The van der Waals surface area contributed by atoms with Gasteiger partial charge in [-0.05, 0) is 52.2 Å². The first-order valence-corrected chi connectivity index (χ1v) is 9.34. The number of piperazine rings is 1. The minimum atomic E-state index is -0.206. The minimum Gasteiger partial charge on any atom is -0.450 e. The van der Waals surface area contributed by atoms with Crippen molar-refractivity contribution in [3.05, 3.63) is 0 Å². The third kappa shape index (κ3) is 5.85. The molecular formula is C17H33N5O2. The second-order valence-corrected chi connectivity index (χ2v) is 6.40. The van der Waals surface area contributed by atoms with E-state index >= 15 is 0 Å². The van der Waals surface area contributed by atoms with Crippen LogP contribution >= 0.6 is 0 Å². The summed E-state index contributed by atoms with van der Waals surface area (Å²) >= 11 is 0. The number of likely N-dealkylation sites (tertiary alicyclic amines) is 1. The maximum atomic E-state index is 11.7. The Hall–Kier alpha value is -1.50. The van der Waals surface area contributed by atoms with Crippen LogP contribution in [0.1, 0.15) is 32.6 Å². The maximum absolute atomic E-state index is 11.7. The Kier molecular flexibility index (Phi) is 8.15. The monoisotopic (exact) mass is 339 g/mol. The lowest BCUT2D eigenvalue weighted by atomic mass is 10.3. The van der Waals surface area contributed by atoms with Gasteiger partial charge >= 0.3 is 6.09 Å². The Labute approximate surface area is 146 Å². The van der Waals surface area contributed by atoms with Gasteiger partial charge in [-0.25, -0.2) is 4.79 Å². The molecule has 0 atom stereocenters. The second-order valence-electron chi connectivity index (χ2n) is 6.40. The van der Waals surface area contributed by atoms with Crippen molar-refractivity contribution in [3.8, 4) is 0 Å². The van der Waals surface area contributed by atoms with Crippen molar-refractivity contribution in [2.45, 2.75) is 32.6 Å². The van der Waals surface area contributed by atoms with Gasteiger partial charge in [0.15, 0.2) is 5.96 Å². The lowest BCUT2D eigenvalue weighted by molar-refractivity contribution is 0.0914. The molecule has 2 fully saturated rings. The van der Waals surface area contributed by atoms with Crippen LogP contribution in [0, 0.1) is 0 Å². The van der Waals surface area contributed by atoms with Crippen LogP contribution in [-0.4, -0.2) is 92.8 Å². The number of unbranched alkanes of at least 4 members (excludes halogenated alkanes) is 1. The number of amides is 1. The van der Waals surface area contributed by atoms with Gasteiger partial charge in [-0.3, -0.25) is 4.99 Å². The van der Waals surface area contributed by atoms with E-state index in [1.54, 1.807) is 4.90 Å². The number of nitrogens with zero attached hydrogens (tertiary/aromatic N) is 4. The highest BCUT2D eigenvalue weighted by Gasteiger charge is 2.23. The van der Waals surface area contributed by atoms with Crippen molar-refractivity contribution >= 4 is 12.1 Å². The van der Waals surface area contributed by atoms with Gasteiger partial charge in [-0.15, -0.1) is 0 Å². The third-order valence-corrected chi connectivity index (χ3v) is 4.70. The van der Waals surface area contributed by atoms with Crippen LogP contribution in [0.5, 0.6) is 0 Å². The van der Waals surface area contributed by atoms with E-state index < -0.39 is 0 Å². The zero-order chi connectivity index (χ0) is 17.2. The van der Waals surface area contributed by atoms with Crippen molar-refractivity contribution in [2.75, 3.05) is 66.0 Å². The Bertz CT molecular complexity index is 402. The first kappa shape index (κ1) is 18.8. The molecule has 2 aliphatic heterocycles. The summed E-state index contributed by atoms with van der Waals surface area (Å²) < 4.78 is 5.06. The van der Waals surface area contributed by atoms with Gasteiger partial charge in [0.2, 0.25) is 0 Å². The Morgan fingerprint density at radius 3 is 2.33 bits per heavy atom. The molecule has 0 unspecified atom stereocenters. The number of hydrogen-bond acceptors (Lipinski definition) is 4. The van der Waals surface area contributed by atoms with E-state index in [1.807, 2.05) is 14.0 Å². The Balaban J connectivity index is 1.60. The van der Waals surface area contributed by atoms with Crippen LogP contribution in [0.15, 0.2) is 4.99 Å². The fraction of sp³-hybridized carbons (Fsp3) is 0.882. The van der Waals surface area contributed by atoms with Crippen molar-refractivity contribution in [3.63, 3.8) is 0 Å². The van der Waals surface area contributed by atoms with E-state index in [2.05, 4.69) is 20.1 Å². The molecule has 2 heterocycles. The van der Waals surface area contributed by atoms with Crippen LogP contribution < -0.4 is 5.32 Å². The molecule has 0 aliphatic carbocycles. The normalized spacial score (nSPS) is 19.7. The minimum absolute atomic E-state index is 0.206. The van der Waals surface area contributed by atoms with Crippen LogP contribution in [0.3, 0.4) is 0 Å². The molecule has 0 radical (unpaired) electrons. The first-order valence-electron chi connectivity index (χ1n) is 9.34. The van der Waals surface area contributed by atoms with E-state index in [0.29, 0.717) is 19.7 Å². The van der Waals surface area contributed by atoms with Crippen LogP contribution in [-0.2, 0) is 4.74 Å². The molecule has 2 rings (SSSR count). The van der Waals surface area contributed by atoms with E-state index in [9.17, 15) is 4.79 Å². The molecule has 138 valence electrons. The quantitative estimate of drug-likeness (QED) is 0.448. The summed E-state index contributed by atoms with van der Waals surface area (Å²) in [6.45, 7) is 9.97. The van der Waals surface area contributed by atoms with Gasteiger partial charge in [0.25, 0.3) is 0 Å². The molecule has 0 aromatic heterocycles. The second kappa shape index (κ2) is 10.4. The van der Waals surface area contributed by atoms with Crippen molar-refractivity contribution in [2.24, 2.45) is 4.99 Å².